The van der Waals surface area contributed by atoms with Gasteiger partial charge in [-0.2, -0.15) is 0 Å². The number of carbonyl (C=O) groups excluding carboxylic acids is 1. The highest BCUT2D eigenvalue weighted by Gasteiger charge is 2.24. The van der Waals surface area contributed by atoms with E-state index in [4.69, 9.17) is 0 Å². The summed E-state index contributed by atoms with van der Waals surface area (Å²) in [6.45, 7) is 5.50. The van der Waals surface area contributed by atoms with Crippen molar-refractivity contribution in [3.05, 3.63) is 71.3 Å². The van der Waals surface area contributed by atoms with Gasteiger partial charge in [-0.1, -0.05) is 62.7 Å². The summed E-state index contributed by atoms with van der Waals surface area (Å²) in [4.78, 5) is 12.8. The van der Waals surface area contributed by atoms with Gasteiger partial charge in [0.25, 0.3) is 5.91 Å². The predicted octanol–water partition coefficient (Wildman–Crippen LogP) is 4.52. The van der Waals surface area contributed by atoms with Crippen molar-refractivity contribution >= 4 is 15.9 Å². The number of hydrogen-bond acceptors (Lipinski definition) is 3. The third-order valence-corrected chi connectivity index (χ3v) is 7.34. The Balaban J connectivity index is 1.66. The van der Waals surface area contributed by atoms with E-state index in [-0.39, 0.29) is 17.7 Å². The molecule has 1 heterocycles. The number of nitrogens with one attached hydrogen (secondary N) is 1. The molecular weight excluding hydrogens is 396 g/mol. The van der Waals surface area contributed by atoms with Crippen molar-refractivity contribution in [2.24, 2.45) is 5.92 Å². The minimum absolute atomic E-state index is 0.0190. The topological polar surface area (TPSA) is 66.5 Å². The van der Waals surface area contributed by atoms with Gasteiger partial charge < -0.3 is 5.32 Å². The number of sulfonamides is 1. The molecule has 2 aromatic rings. The van der Waals surface area contributed by atoms with Gasteiger partial charge in [-0.3, -0.25) is 4.79 Å². The molecule has 1 N–H and O–H groups in total. The first kappa shape index (κ1) is 22.5. The van der Waals surface area contributed by atoms with Gasteiger partial charge in [0.15, 0.2) is 0 Å². The molecule has 0 saturated carbocycles. The molecule has 1 fully saturated rings. The molecule has 0 spiro atoms. The summed E-state index contributed by atoms with van der Waals surface area (Å²) in [5.74, 6) is 0.280. The average Bonchev–Trinajstić information content (AvgIpc) is 2.74. The van der Waals surface area contributed by atoms with E-state index in [1.54, 1.807) is 28.6 Å². The monoisotopic (exact) mass is 428 g/mol. The summed E-state index contributed by atoms with van der Waals surface area (Å²) in [6, 6.07) is 16.9. The predicted molar refractivity (Wildman–Crippen MR) is 121 cm³/mol. The van der Waals surface area contributed by atoms with Gasteiger partial charge in [-0.25, -0.2) is 12.7 Å². The van der Waals surface area contributed by atoms with E-state index in [2.05, 4.69) is 19.2 Å². The fourth-order valence-corrected chi connectivity index (χ4v) is 5.48. The quantitative estimate of drug-likeness (QED) is 0.672. The van der Waals surface area contributed by atoms with E-state index in [0.29, 0.717) is 30.1 Å². The van der Waals surface area contributed by atoms with Crippen LogP contribution in [0.1, 0.15) is 67.1 Å². The highest BCUT2D eigenvalue weighted by atomic mass is 32.2. The second kappa shape index (κ2) is 10.2. The first-order valence-corrected chi connectivity index (χ1v) is 12.4. The molecule has 1 amide bonds. The maximum atomic E-state index is 12.8. The number of amides is 1. The Hall–Kier alpha value is -2.18. The molecule has 1 aliphatic rings. The zero-order valence-electron chi connectivity index (χ0n) is 17.9. The Bertz CT molecular complexity index is 919. The molecule has 0 aromatic heterocycles. The van der Waals surface area contributed by atoms with Crippen LogP contribution >= 0.6 is 0 Å². The maximum Gasteiger partial charge on any atom is 0.251 e. The van der Waals surface area contributed by atoms with Crippen LogP contribution in [0.2, 0.25) is 0 Å². The Kier molecular flexibility index (Phi) is 7.67. The van der Waals surface area contributed by atoms with Crippen molar-refractivity contribution in [3.8, 4) is 0 Å². The molecular formula is C24H32N2O3S. The Labute approximate surface area is 180 Å². The average molecular weight is 429 g/mol. The lowest BCUT2D eigenvalue weighted by Gasteiger charge is -2.25. The van der Waals surface area contributed by atoms with Gasteiger partial charge in [-0.05, 0) is 48.4 Å². The van der Waals surface area contributed by atoms with Gasteiger partial charge in [0.05, 0.1) is 11.8 Å². The number of nitrogens with zero attached hydrogens (tertiary/aromatic N) is 1. The SMILES string of the molecule is CC(C)C[C@@H](NC(=O)c1ccc(CS(=O)(=O)N2CCCCC2)cc1)c1ccccc1. The normalized spacial score (nSPS) is 16.4. The Morgan fingerprint density at radius 3 is 2.20 bits per heavy atom. The van der Waals surface area contributed by atoms with Gasteiger partial charge in [-0.15, -0.1) is 0 Å². The number of rotatable bonds is 8. The third-order valence-electron chi connectivity index (χ3n) is 5.49. The number of hydrogen-bond donors (Lipinski definition) is 1. The van der Waals surface area contributed by atoms with Crippen LogP contribution in [-0.4, -0.2) is 31.7 Å². The smallest absolute Gasteiger partial charge is 0.251 e. The lowest BCUT2D eigenvalue weighted by molar-refractivity contribution is 0.0932. The molecule has 3 rings (SSSR count). The summed E-state index contributed by atoms with van der Waals surface area (Å²) in [6.07, 6.45) is 3.80. The summed E-state index contributed by atoms with van der Waals surface area (Å²) < 4.78 is 26.8. The van der Waals surface area contributed by atoms with Gasteiger partial charge >= 0.3 is 0 Å². The largest absolute Gasteiger partial charge is 0.345 e. The summed E-state index contributed by atoms with van der Waals surface area (Å²) in [7, 11) is -3.31. The molecule has 1 saturated heterocycles. The van der Waals surface area contributed by atoms with Crippen molar-refractivity contribution in [3.63, 3.8) is 0 Å². The van der Waals surface area contributed by atoms with E-state index in [0.717, 1.165) is 31.2 Å². The van der Waals surface area contributed by atoms with Crippen LogP contribution < -0.4 is 5.32 Å². The standard InChI is InChI=1S/C24H32N2O3S/c1-19(2)17-23(21-9-5-3-6-10-21)25-24(27)22-13-11-20(12-14-22)18-30(28,29)26-15-7-4-8-16-26/h3,5-6,9-14,19,23H,4,7-8,15-18H2,1-2H3,(H,25,27)/t23-/m1/s1. The van der Waals surface area contributed by atoms with E-state index >= 15 is 0 Å². The fraction of sp³-hybridized carbons (Fsp3) is 0.458. The molecule has 162 valence electrons. The molecule has 0 unspecified atom stereocenters. The number of piperidine rings is 1. The van der Waals surface area contributed by atoms with Crippen LogP contribution in [0.3, 0.4) is 0 Å². The highest BCUT2D eigenvalue weighted by Crippen LogP contribution is 2.22. The summed E-state index contributed by atoms with van der Waals surface area (Å²) in [5.41, 5.74) is 2.33. The van der Waals surface area contributed by atoms with Crippen molar-refractivity contribution in [2.75, 3.05) is 13.1 Å². The molecule has 1 atom stereocenters. The molecule has 30 heavy (non-hydrogen) atoms. The minimum Gasteiger partial charge on any atom is -0.345 e. The van der Waals surface area contributed by atoms with E-state index in [1.165, 1.54) is 0 Å². The first-order valence-electron chi connectivity index (χ1n) is 10.8. The second-order valence-electron chi connectivity index (χ2n) is 8.48. The zero-order valence-corrected chi connectivity index (χ0v) is 18.7. The minimum atomic E-state index is -3.31. The van der Waals surface area contributed by atoms with Crippen molar-refractivity contribution in [1.29, 1.82) is 0 Å². The lowest BCUT2D eigenvalue weighted by atomic mass is 9.96. The van der Waals surface area contributed by atoms with E-state index in [9.17, 15) is 13.2 Å². The molecule has 0 bridgehead atoms. The zero-order chi connectivity index (χ0) is 21.6. The highest BCUT2D eigenvalue weighted by molar-refractivity contribution is 7.88. The second-order valence-corrected chi connectivity index (χ2v) is 10.4. The van der Waals surface area contributed by atoms with Gasteiger partial charge in [0.1, 0.15) is 0 Å². The van der Waals surface area contributed by atoms with Crippen LogP contribution in [-0.2, 0) is 15.8 Å². The number of benzene rings is 2. The van der Waals surface area contributed by atoms with Crippen molar-refractivity contribution < 1.29 is 13.2 Å². The third kappa shape index (κ3) is 6.16. The van der Waals surface area contributed by atoms with Gasteiger partial charge in [0.2, 0.25) is 10.0 Å². The molecule has 0 aliphatic carbocycles. The lowest BCUT2D eigenvalue weighted by Crippen LogP contribution is -2.36. The number of carbonyl (C=O) groups is 1. The fourth-order valence-electron chi connectivity index (χ4n) is 3.87. The molecule has 2 aromatic carbocycles. The van der Waals surface area contributed by atoms with Crippen molar-refractivity contribution in [1.82, 2.24) is 9.62 Å². The molecule has 5 nitrogen and oxygen atoms in total. The van der Waals surface area contributed by atoms with Crippen LogP contribution in [0.4, 0.5) is 0 Å². The molecule has 1 aliphatic heterocycles. The van der Waals surface area contributed by atoms with Crippen LogP contribution in [0.5, 0.6) is 0 Å². The van der Waals surface area contributed by atoms with Crippen LogP contribution in [0.25, 0.3) is 0 Å². The van der Waals surface area contributed by atoms with Crippen LogP contribution in [0, 0.1) is 5.92 Å². The van der Waals surface area contributed by atoms with E-state index in [1.807, 2.05) is 30.3 Å². The molecule has 6 heteroatoms. The summed E-state index contributed by atoms with van der Waals surface area (Å²) in [5, 5.41) is 3.13. The maximum absolute atomic E-state index is 12.8. The van der Waals surface area contributed by atoms with Gasteiger partial charge in [0, 0.05) is 18.7 Å². The Morgan fingerprint density at radius 2 is 1.60 bits per heavy atom. The van der Waals surface area contributed by atoms with E-state index < -0.39 is 10.0 Å². The first-order chi connectivity index (χ1) is 14.3. The summed E-state index contributed by atoms with van der Waals surface area (Å²) >= 11 is 0. The van der Waals surface area contributed by atoms with Crippen LogP contribution in [0.15, 0.2) is 54.6 Å². The van der Waals surface area contributed by atoms with Crippen molar-refractivity contribution in [2.45, 2.75) is 51.3 Å². The molecule has 0 radical (unpaired) electrons. The Morgan fingerprint density at radius 1 is 0.967 bits per heavy atom.